The zero-order valence-electron chi connectivity index (χ0n) is 11.2. The molecule has 0 aromatic rings. The van der Waals surface area contributed by atoms with Crippen LogP contribution >= 0.6 is 97.6 Å². The Morgan fingerprint density at radius 1 is 0.737 bits per heavy atom. The second kappa shape index (κ2) is 14.4. The fourth-order valence-corrected chi connectivity index (χ4v) is 7.00. The van der Waals surface area contributed by atoms with Crippen LogP contribution in [0.3, 0.4) is 0 Å². The molecule has 0 radical (unpaired) electrons. The van der Waals surface area contributed by atoms with Crippen LogP contribution in [0.5, 0.6) is 0 Å². The lowest BCUT2D eigenvalue weighted by molar-refractivity contribution is 0.313. The van der Waals surface area contributed by atoms with Crippen molar-refractivity contribution in [3.63, 3.8) is 0 Å². The number of hydrogen-bond donors (Lipinski definition) is 4. The van der Waals surface area contributed by atoms with Crippen molar-refractivity contribution in [2.24, 2.45) is 11.3 Å². The second-order valence-corrected chi connectivity index (χ2v) is 11.2. The summed E-state index contributed by atoms with van der Waals surface area (Å²) in [5.74, 6) is 5.37. The molecule has 0 saturated carbocycles. The summed E-state index contributed by atoms with van der Waals surface area (Å²) in [5, 5.41) is 3.58. The van der Waals surface area contributed by atoms with E-state index in [9.17, 15) is 0 Å². The maximum atomic E-state index is 4.36. The Bertz CT molecular complexity index is 179. The van der Waals surface area contributed by atoms with Crippen molar-refractivity contribution in [1.82, 2.24) is 0 Å². The molecule has 0 aromatic heterocycles. The number of hydrogen-bond acceptors (Lipinski definition) is 8. The molecule has 0 bridgehead atoms. The van der Waals surface area contributed by atoms with E-state index in [1.807, 2.05) is 47.0 Å². The van der Waals surface area contributed by atoms with Crippen molar-refractivity contribution < 1.29 is 0 Å². The highest BCUT2D eigenvalue weighted by molar-refractivity contribution is 8.11. The van der Waals surface area contributed by atoms with Crippen LogP contribution in [0.2, 0.25) is 0 Å². The Labute approximate surface area is 158 Å². The van der Waals surface area contributed by atoms with Crippen LogP contribution in [0.25, 0.3) is 0 Å². The van der Waals surface area contributed by atoms with Crippen LogP contribution in [-0.4, -0.2) is 43.4 Å². The average Bonchev–Trinajstić information content (AvgIpc) is 2.44. The van der Waals surface area contributed by atoms with E-state index in [-0.39, 0.29) is 0 Å². The molecule has 0 amide bonds. The Balaban J connectivity index is 4.73. The summed E-state index contributed by atoms with van der Waals surface area (Å²) in [7, 11) is 0. The standard InChI is InChI=1S/C11H24S8/c1-10(2-16-6-12)11(3-17-7-13,4-18-8-14)5-19-9-15/h10,12-15H,2-9H2,1H3. The van der Waals surface area contributed by atoms with Gasteiger partial charge in [0.05, 0.1) is 0 Å². The van der Waals surface area contributed by atoms with Crippen LogP contribution in [0, 0.1) is 11.3 Å². The third-order valence-corrected chi connectivity index (χ3v) is 8.94. The third-order valence-electron chi connectivity index (χ3n) is 2.95. The quantitative estimate of drug-likeness (QED) is 0.245. The average molecular weight is 413 g/mol. The lowest BCUT2D eigenvalue weighted by Gasteiger charge is -2.38. The van der Waals surface area contributed by atoms with Gasteiger partial charge < -0.3 is 0 Å². The normalized spacial score (nSPS) is 13.7. The van der Waals surface area contributed by atoms with Crippen molar-refractivity contribution in [1.29, 1.82) is 0 Å². The summed E-state index contributed by atoms with van der Waals surface area (Å²) < 4.78 is 0. The molecule has 0 aliphatic rings. The van der Waals surface area contributed by atoms with Gasteiger partial charge in [0.25, 0.3) is 0 Å². The first kappa shape index (κ1) is 21.8. The lowest BCUT2D eigenvalue weighted by Crippen LogP contribution is -2.38. The highest BCUT2D eigenvalue weighted by Crippen LogP contribution is 2.40. The van der Waals surface area contributed by atoms with Crippen LogP contribution in [0.15, 0.2) is 0 Å². The van der Waals surface area contributed by atoms with E-state index in [1.54, 1.807) is 0 Å². The van der Waals surface area contributed by atoms with Gasteiger partial charge in [-0.2, -0.15) is 97.6 Å². The Kier molecular flexibility index (Phi) is 16.5. The Morgan fingerprint density at radius 3 is 1.42 bits per heavy atom. The van der Waals surface area contributed by atoms with Gasteiger partial charge >= 0.3 is 0 Å². The van der Waals surface area contributed by atoms with Crippen LogP contribution in [0.1, 0.15) is 6.92 Å². The fraction of sp³-hybridized carbons (Fsp3) is 1.00. The van der Waals surface area contributed by atoms with Crippen molar-refractivity contribution in [3.05, 3.63) is 0 Å². The number of rotatable bonds is 13. The van der Waals surface area contributed by atoms with E-state index >= 15 is 0 Å². The molecule has 0 rings (SSSR count). The molecule has 0 nitrogen and oxygen atoms in total. The lowest BCUT2D eigenvalue weighted by atomic mass is 9.82. The zero-order valence-corrected chi connectivity index (χ0v) is 18.0. The molecule has 0 N–H and O–H groups in total. The smallest absolute Gasteiger partial charge is 0.0362 e. The van der Waals surface area contributed by atoms with Crippen molar-refractivity contribution in [2.45, 2.75) is 6.92 Å². The monoisotopic (exact) mass is 412 g/mol. The van der Waals surface area contributed by atoms with Gasteiger partial charge in [-0.25, -0.2) is 0 Å². The molecule has 19 heavy (non-hydrogen) atoms. The predicted octanol–water partition coefficient (Wildman–Crippen LogP) is 5.09. The molecule has 1 unspecified atom stereocenters. The van der Waals surface area contributed by atoms with Crippen molar-refractivity contribution >= 4 is 97.6 Å². The van der Waals surface area contributed by atoms with Gasteiger partial charge in [-0.15, -0.1) is 0 Å². The van der Waals surface area contributed by atoms with Gasteiger partial charge in [0, 0.05) is 43.0 Å². The highest BCUT2D eigenvalue weighted by atomic mass is 32.2. The van der Waals surface area contributed by atoms with Gasteiger partial charge in [0.1, 0.15) is 0 Å². The summed E-state index contributed by atoms with van der Waals surface area (Å²) in [5.41, 5.74) is 0.351. The summed E-state index contributed by atoms with van der Waals surface area (Å²) in [6.45, 7) is 2.38. The first-order valence-corrected chi connectivity index (χ1v) is 13.1. The largest absolute Gasteiger partial charge is 0.168 e. The van der Waals surface area contributed by atoms with E-state index in [0.29, 0.717) is 11.3 Å². The van der Waals surface area contributed by atoms with Gasteiger partial charge in [-0.05, 0) is 11.7 Å². The molecular formula is C11H24S8. The van der Waals surface area contributed by atoms with Crippen molar-refractivity contribution in [2.75, 3.05) is 43.4 Å². The van der Waals surface area contributed by atoms with Crippen LogP contribution in [0.4, 0.5) is 0 Å². The van der Waals surface area contributed by atoms with Gasteiger partial charge in [0.15, 0.2) is 0 Å². The predicted molar refractivity (Wildman–Crippen MR) is 117 cm³/mol. The summed E-state index contributed by atoms with van der Waals surface area (Å²) in [6.07, 6.45) is 0. The first-order valence-electron chi connectivity index (χ1n) is 5.91. The minimum Gasteiger partial charge on any atom is -0.168 e. The molecule has 0 saturated heterocycles. The van der Waals surface area contributed by atoms with E-state index in [4.69, 9.17) is 0 Å². The summed E-state index contributed by atoms with van der Waals surface area (Å²) in [4.78, 5) is 0. The molecule has 1 atom stereocenters. The van der Waals surface area contributed by atoms with E-state index in [1.165, 1.54) is 23.0 Å². The molecule has 8 heteroatoms. The van der Waals surface area contributed by atoms with E-state index in [2.05, 4.69) is 57.4 Å². The maximum absolute atomic E-state index is 4.36. The Morgan fingerprint density at radius 2 is 1.11 bits per heavy atom. The minimum absolute atomic E-state index is 0.351. The Hall–Kier alpha value is 2.80. The minimum atomic E-state index is 0.351. The van der Waals surface area contributed by atoms with Gasteiger partial charge in [0.2, 0.25) is 0 Å². The summed E-state index contributed by atoms with van der Waals surface area (Å²) in [6, 6.07) is 0. The third kappa shape index (κ3) is 9.51. The molecule has 0 spiro atoms. The molecule has 116 valence electrons. The molecule has 0 heterocycles. The van der Waals surface area contributed by atoms with E-state index in [0.717, 1.165) is 20.3 Å². The molecule has 0 fully saturated rings. The van der Waals surface area contributed by atoms with E-state index < -0.39 is 0 Å². The highest BCUT2D eigenvalue weighted by Gasteiger charge is 2.35. The zero-order chi connectivity index (χ0) is 14.6. The van der Waals surface area contributed by atoms with Crippen LogP contribution < -0.4 is 0 Å². The second-order valence-electron chi connectivity index (χ2n) is 4.20. The molecule has 0 aliphatic carbocycles. The fourth-order valence-electron chi connectivity index (χ4n) is 1.70. The SMILES string of the molecule is CC(CSCS)C(CSCS)(CSCS)CSCS. The van der Waals surface area contributed by atoms with Gasteiger partial charge in [-0.1, -0.05) is 6.92 Å². The van der Waals surface area contributed by atoms with Gasteiger partial charge in [-0.3, -0.25) is 0 Å². The molecule has 0 aromatic carbocycles. The topological polar surface area (TPSA) is 0 Å². The number of thiol groups is 4. The molecular weight excluding hydrogens is 389 g/mol. The number of thioether (sulfide) groups is 4. The summed E-state index contributed by atoms with van der Waals surface area (Å²) >= 11 is 25.1. The molecule has 0 aliphatic heterocycles. The van der Waals surface area contributed by atoms with Crippen LogP contribution in [-0.2, 0) is 0 Å². The maximum Gasteiger partial charge on any atom is 0.0362 e. The first-order chi connectivity index (χ1) is 9.16. The van der Waals surface area contributed by atoms with Crippen molar-refractivity contribution in [3.8, 4) is 0 Å².